The summed E-state index contributed by atoms with van der Waals surface area (Å²) < 4.78 is 20.8. The number of ether oxygens (including phenoxy) is 4. The summed E-state index contributed by atoms with van der Waals surface area (Å²) in [5, 5.41) is 0. The Bertz CT molecular complexity index is 872. The van der Waals surface area contributed by atoms with E-state index in [9.17, 15) is 9.59 Å². The maximum Gasteiger partial charge on any atom is 0.269 e. The molecule has 2 amide bonds. The van der Waals surface area contributed by atoms with Crippen molar-refractivity contribution in [3.05, 3.63) is 53.6 Å². The second-order valence-electron chi connectivity index (χ2n) is 5.49. The molecule has 27 heavy (non-hydrogen) atoms. The SMILES string of the molecule is COc1cc(/C=C/C(=O)NNC(=O)c2ccc3c(c2)OCO3)cc(OC)c1. The summed E-state index contributed by atoms with van der Waals surface area (Å²) in [6.07, 6.45) is 2.86. The topological polar surface area (TPSA) is 95.1 Å². The highest BCUT2D eigenvalue weighted by Crippen LogP contribution is 2.32. The lowest BCUT2D eigenvalue weighted by Gasteiger charge is -2.07. The second kappa shape index (κ2) is 8.13. The van der Waals surface area contributed by atoms with Crippen molar-refractivity contribution in [2.24, 2.45) is 0 Å². The van der Waals surface area contributed by atoms with Gasteiger partial charge in [-0.1, -0.05) is 0 Å². The molecule has 0 bridgehead atoms. The predicted octanol–water partition coefficient (Wildman–Crippen LogP) is 1.91. The number of carbonyl (C=O) groups is 2. The zero-order valence-electron chi connectivity index (χ0n) is 14.8. The number of carbonyl (C=O) groups excluding carboxylic acids is 2. The molecule has 8 nitrogen and oxygen atoms in total. The van der Waals surface area contributed by atoms with Gasteiger partial charge in [0.1, 0.15) is 11.5 Å². The first-order chi connectivity index (χ1) is 13.1. The van der Waals surface area contributed by atoms with E-state index >= 15 is 0 Å². The van der Waals surface area contributed by atoms with Crippen molar-refractivity contribution < 1.29 is 28.5 Å². The van der Waals surface area contributed by atoms with Crippen molar-refractivity contribution in [2.75, 3.05) is 21.0 Å². The molecule has 0 fully saturated rings. The van der Waals surface area contributed by atoms with Crippen LogP contribution in [0.3, 0.4) is 0 Å². The number of amides is 2. The Balaban J connectivity index is 1.58. The van der Waals surface area contributed by atoms with E-state index in [1.165, 1.54) is 6.08 Å². The summed E-state index contributed by atoms with van der Waals surface area (Å²) >= 11 is 0. The fourth-order valence-corrected chi connectivity index (χ4v) is 2.37. The first-order valence-corrected chi connectivity index (χ1v) is 8.00. The van der Waals surface area contributed by atoms with E-state index in [-0.39, 0.29) is 6.79 Å². The van der Waals surface area contributed by atoms with Gasteiger partial charge in [0, 0.05) is 17.7 Å². The highest BCUT2D eigenvalue weighted by molar-refractivity contribution is 5.98. The molecule has 2 aromatic carbocycles. The number of benzene rings is 2. The van der Waals surface area contributed by atoms with Crippen molar-refractivity contribution in [3.8, 4) is 23.0 Å². The van der Waals surface area contributed by atoms with Crippen molar-refractivity contribution in [3.63, 3.8) is 0 Å². The molecule has 0 aromatic heterocycles. The van der Waals surface area contributed by atoms with E-state index in [2.05, 4.69) is 10.9 Å². The van der Waals surface area contributed by atoms with Crippen LogP contribution < -0.4 is 29.8 Å². The molecule has 0 aliphatic carbocycles. The molecule has 0 saturated carbocycles. The van der Waals surface area contributed by atoms with Gasteiger partial charge in [0.25, 0.3) is 11.8 Å². The van der Waals surface area contributed by atoms with Crippen LogP contribution in [0.1, 0.15) is 15.9 Å². The van der Waals surface area contributed by atoms with Crippen LogP contribution in [0, 0.1) is 0 Å². The van der Waals surface area contributed by atoms with Crippen molar-refractivity contribution >= 4 is 17.9 Å². The molecule has 0 unspecified atom stereocenters. The molecule has 0 atom stereocenters. The second-order valence-corrected chi connectivity index (χ2v) is 5.49. The normalized spacial score (nSPS) is 11.9. The lowest BCUT2D eigenvalue weighted by molar-refractivity contribution is -0.117. The number of methoxy groups -OCH3 is 2. The third-order valence-electron chi connectivity index (χ3n) is 3.73. The van der Waals surface area contributed by atoms with Gasteiger partial charge in [0.05, 0.1) is 14.2 Å². The summed E-state index contributed by atoms with van der Waals surface area (Å²) in [5.41, 5.74) is 5.70. The van der Waals surface area contributed by atoms with Crippen LogP contribution in [0.4, 0.5) is 0 Å². The molecule has 1 heterocycles. The van der Waals surface area contributed by atoms with Crippen LogP contribution in [-0.2, 0) is 4.79 Å². The van der Waals surface area contributed by atoms with Gasteiger partial charge in [-0.3, -0.25) is 20.4 Å². The Labute approximate surface area is 155 Å². The number of nitrogens with one attached hydrogen (secondary N) is 2. The van der Waals surface area contributed by atoms with E-state index in [0.717, 1.165) is 0 Å². The number of hydrogen-bond donors (Lipinski definition) is 2. The number of hydrazine groups is 1. The fraction of sp³-hybridized carbons (Fsp3) is 0.158. The standard InChI is InChI=1S/C19H18N2O6/c1-24-14-7-12(8-15(10-14)25-2)3-6-18(22)20-21-19(23)13-4-5-16-17(9-13)27-11-26-16/h3-10H,11H2,1-2H3,(H,20,22)(H,21,23)/b6-3+. The molecule has 8 heteroatoms. The number of fused-ring (bicyclic) bond motifs is 1. The quantitative estimate of drug-likeness (QED) is 0.617. The third-order valence-corrected chi connectivity index (χ3v) is 3.73. The summed E-state index contributed by atoms with van der Waals surface area (Å²) in [7, 11) is 3.08. The van der Waals surface area contributed by atoms with Crippen molar-refractivity contribution in [1.29, 1.82) is 0 Å². The van der Waals surface area contributed by atoms with Crippen molar-refractivity contribution in [2.45, 2.75) is 0 Å². The van der Waals surface area contributed by atoms with E-state index in [1.807, 2.05) is 0 Å². The van der Waals surface area contributed by atoms with E-state index in [1.54, 1.807) is 56.7 Å². The Kier molecular flexibility index (Phi) is 5.46. The number of hydrogen-bond acceptors (Lipinski definition) is 6. The maximum absolute atomic E-state index is 12.1. The lowest BCUT2D eigenvalue weighted by Crippen LogP contribution is -2.40. The molecule has 0 radical (unpaired) electrons. The highest BCUT2D eigenvalue weighted by Gasteiger charge is 2.16. The molecule has 1 aliphatic rings. The molecule has 3 rings (SSSR count). The molecule has 1 aliphatic heterocycles. The molecular formula is C19H18N2O6. The van der Waals surface area contributed by atoms with Gasteiger partial charge in [-0.25, -0.2) is 0 Å². The first-order valence-electron chi connectivity index (χ1n) is 8.00. The summed E-state index contributed by atoms with van der Waals surface area (Å²) in [6.45, 7) is 0.122. The number of rotatable bonds is 5. The van der Waals surface area contributed by atoms with Crippen LogP contribution in [0.2, 0.25) is 0 Å². The van der Waals surface area contributed by atoms with Gasteiger partial charge in [0.2, 0.25) is 6.79 Å². The monoisotopic (exact) mass is 370 g/mol. The van der Waals surface area contributed by atoms with Gasteiger partial charge < -0.3 is 18.9 Å². The Hall–Kier alpha value is -3.68. The minimum atomic E-state index is -0.495. The molecule has 0 saturated heterocycles. The van der Waals surface area contributed by atoms with Crippen LogP contribution in [-0.4, -0.2) is 32.8 Å². The van der Waals surface area contributed by atoms with Gasteiger partial charge >= 0.3 is 0 Å². The van der Waals surface area contributed by atoms with Gasteiger partial charge in [-0.05, 0) is 42.0 Å². The minimum Gasteiger partial charge on any atom is -0.497 e. The average molecular weight is 370 g/mol. The molecular weight excluding hydrogens is 352 g/mol. The third kappa shape index (κ3) is 4.49. The Morgan fingerprint density at radius 1 is 0.963 bits per heavy atom. The van der Waals surface area contributed by atoms with E-state index < -0.39 is 11.8 Å². The van der Waals surface area contributed by atoms with Gasteiger partial charge in [0.15, 0.2) is 11.5 Å². The van der Waals surface area contributed by atoms with Crippen LogP contribution in [0.5, 0.6) is 23.0 Å². The molecule has 140 valence electrons. The fourth-order valence-electron chi connectivity index (χ4n) is 2.37. The summed E-state index contributed by atoms with van der Waals surface area (Å²) in [5.74, 6) is 1.30. The predicted molar refractivity (Wildman–Crippen MR) is 96.8 cm³/mol. The molecule has 2 N–H and O–H groups in total. The molecule has 2 aromatic rings. The average Bonchev–Trinajstić information content (AvgIpc) is 3.17. The lowest BCUT2D eigenvalue weighted by atomic mass is 10.2. The highest BCUT2D eigenvalue weighted by atomic mass is 16.7. The van der Waals surface area contributed by atoms with E-state index in [4.69, 9.17) is 18.9 Å². The largest absolute Gasteiger partial charge is 0.497 e. The van der Waals surface area contributed by atoms with E-state index in [0.29, 0.717) is 34.1 Å². The van der Waals surface area contributed by atoms with Crippen LogP contribution >= 0.6 is 0 Å². The Morgan fingerprint density at radius 3 is 2.37 bits per heavy atom. The van der Waals surface area contributed by atoms with Crippen LogP contribution in [0.15, 0.2) is 42.5 Å². The summed E-state index contributed by atoms with van der Waals surface area (Å²) in [6, 6.07) is 9.97. The van der Waals surface area contributed by atoms with Gasteiger partial charge in [-0.2, -0.15) is 0 Å². The van der Waals surface area contributed by atoms with Crippen molar-refractivity contribution in [1.82, 2.24) is 10.9 Å². The zero-order valence-corrected chi connectivity index (χ0v) is 14.8. The van der Waals surface area contributed by atoms with Crippen LogP contribution in [0.25, 0.3) is 6.08 Å². The minimum absolute atomic E-state index is 0.122. The maximum atomic E-state index is 12.1. The first kappa shape index (κ1) is 18.1. The molecule has 0 spiro atoms. The zero-order chi connectivity index (χ0) is 19.2. The van der Waals surface area contributed by atoms with Gasteiger partial charge in [-0.15, -0.1) is 0 Å². The Morgan fingerprint density at radius 2 is 1.67 bits per heavy atom. The summed E-state index contributed by atoms with van der Waals surface area (Å²) in [4.78, 5) is 24.0. The smallest absolute Gasteiger partial charge is 0.269 e.